The normalized spacial score (nSPS) is 15.3. The molecular formula is C12H12F14O. The Hall–Kier alpha value is -1.02. The molecule has 27 heavy (non-hydrogen) atoms. The zero-order valence-electron chi connectivity index (χ0n) is 12.9. The van der Waals surface area contributed by atoms with Crippen LogP contribution >= 0.6 is 0 Å². The third-order valence-electron chi connectivity index (χ3n) is 3.08. The summed E-state index contributed by atoms with van der Waals surface area (Å²) in [6, 6.07) is 0. The van der Waals surface area contributed by atoms with Crippen LogP contribution in [0.1, 0.15) is 25.7 Å². The van der Waals surface area contributed by atoms with Crippen LogP contribution in [0.4, 0.5) is 61.5 Å². The molecule has 0 aliphatic rings. The SMILES string of the molecule is FC(F)(F)CCC(F)(F)C(F)(F)COCC(F)(F)C(F)(F)CCC(F)(F)F. The van der Waals surface area contributed by atoms with Gasteiger partial charge in [-0.2, -0.15) is 61.5 Å². The highest BCUT2D eigenvalue weighted by atomic mass is 19.4. The quantitative estimate of drug-likeness (QED) is 0.368. The van der Waals surface area contributed by atoms with Crippen LogP contribution in [-0.2, 0) is 4.74 Å². The van der Waals surface area contributed by atoms with Crippen molar-refractivity contribution < 1.29 is 66.2 Å². The number of ether oxygens (including phenoxy) is 1. The lowest BCUT2D eigenvalue weighted by atomic mass is 10.1. The third kappa shape index (κ3) is 8.68. The molecule has 0 aromatic rings. The van der Waals surface area contributed by atoms with Gasteiger partial charge in [0.1, 0.15) is 13.2 Å². The minimum Gasteiger partial charge on any atom is -0.368 e. The van der Waals surface area contributed by atoms with E-state index in [0.29, 0.717) is 0 Å². The van der Waals surface area contributed by atoms with E-state index in [2.05, 4.69) is 4.74 Å². The summed E-state index contributed by atoms with van der Waals surface area (Å²) < 4.78 is 179. The van der Waals surface area contributed by atoms with Gasteiger partial charge in [-0.15, -0.1) is 0 Å². The van der Waals surface area contributed by atoms with Crippen molar-refractivity contribution in [3.8, 4) is 0 Å². The van der Waals surface area contributed by atoms with Crippen LogP contribution < -0.4 is 0 Å². The highest BCUT2D eigenvalue weighted by Crippen LogP contribution is 2.43. The van der Waals surface area contributed by atoms with Crippen LogP contribution in [0.25, 0.3) is 0 Å². The van der Waals surface area contributed by atoms with E-state index in [-0.39, 0.29) is 0 Å². The summed E-state index contributed by atoms with van der Waals surface area (Å²) in [5.74, 6) is -21.6. The molecule has 0 aliphatic heterocycles. The standard InChI is InChI=1S/C12H12F14O/c13-7(14,1-3-11(21,22)23)9(17,18)5-27-6-10(19,20)8(15,16)2-4-12(24,25)26/h1-6H2. The molecule has 0 rings (SSSR count). The molecule has 0 amide bonds. The minimum atomic E-state index is -5.42. The summed E-state index contributed by atoms with van der Waals surface area (Å²) in [7, 11) is 0. The Kier molecular flexibility index (Phi) is 7.84. The van der Waals surface area contributed by atoms with Crippen molar-refractivity contribution >= 4 is 0 Å². The molecule has 0 aromatic heterocycles. The van der Waals surface area contributed by atoms with Gasteiger partial charge in [0.2, 0.25) is 0 Å². The average Bonchev–Trinajstić information content (AvgIpc) is 2.41. The predicted molar refractivity (Wildman–Crippen MR) is 61.2 cm³/mol. The molecular weight excluding hydrogens is 426 g/mol. The summed E-state index contributed by atoms with van der Waals surface area (Å²) >= 11 is 0. The van der Waals surface area contributed by atoms with Crippen molar-refractivity contribution in [3.63, 3.8) is 0 Å². The Bertz CT molecular complexity index is 422. The topological polar surface area (TPSA) is 9.23 Å². The maximum atomic E-state index is 13.1. The Balaban J connectivity index is 4.81. The first-order valence-electron chi connectivity index (χ1n) is 6.84. The van der Waals surface area contributed by atoms with Gasteiger partial charge in [0.15, 0.2) is 0 Å². The number of rotatable bonds is 10. The summed E-state index contributed by atoms with van der Waals surface area (Å²) in [4.78, 5) is 0. The molecule has 0 atom stereocenters. The van der Waals surface area contributed by atoms with Crippen molar-refractivity contribution in [1.82, 2.24) is 0 Å². The van der Waals surface area contributed by atoms with Gasteiger partial charge in [-0.05, 0) is 0 Å². The van der Waals surface area contributed by atoms with E-state index >= 15 is 0 Å². The van der Waals surface area contributed by atoms with Crippen LogP contribution in [0.5, 0.6) is 0 Å². The summed E-state index contributed by atoms with van der Waals surface area (Å²) in [6.45, 7) is -5.30. The number of alkyl halides is 14. The first kappa shape index (κ1) is 26.0. The van der Waals surface area contributed by atoms with E-state index in [1.54, 1.807) is 0 Å². The first-order chi connectivity index (χ1) is 11.6. The largest absolute Gasteiger partial charge is 0.389 e. The number of hydrogen-bond acceptors (Lipinski definition) is 1. The Labute approximate surface area is 142 Å². The summed E-state index contributed by atoms with van der Waals surface area (Å²) in [5, 5.41) is 0. The van der Waals surface area contributed by atoms with Gasteiger partial charge >= 0.3 is 36.0 Å². The van der Waals surface area contributed by atoms with Crippen LogP contribution in [0.3, 0.4) is 0 Å². The van der Waals surface area contributed by atoms with E-state index in [0.717, 1.165) is 0 Å². The Morgan fingerprint density at radius 2 is 0.630 bits per heavy atom. The second-order valence-electron chi connectivity index (χ2n) is 5.54. The second kappa shape index (κ2) is 8.15. The van der Waals surface area contributed by atoms with E-state index < -0.39 is 74.9 Å². The van der Waals surface area contributed by atoms with Crippen LogP contribution in [0.15, 0.2) is 0 Å². The number of hydrogen-bond donors (Lipinski definition) is 0. The molecule has 0 aliphatic carbocycles. The fraction of sp³-hybridized carbons (Fsp3) is 1.00. The maximum Gasteiger partial charge on any atom is 0.389 e. The Morgan fingerprint density at radius 3 is 0.852 bits per heavy atom. The van der Waals surface area contributed by atoms with Crippen molar-refractivity contribution in [3.05, 3.63) is 0 Å². The smallest absolute Gasteiger partial charge is 0.368 e. The molecule has 0 radical (unpaired) electrons. The molecule has 0 N–H and O–H groups in total. The molecule has 0 unspecified atom stereocenters. The van der Waals surface area contributed by atoms with Crippen molar-refractivity contribution in [2.75, 3.05) is 13.2 Å². The van der Waals surface area contributed by atoms with Gasteiger partial charge in [-0.3, -0.25) is 0 Å². The van der Waals surface area contributed by atoms with Crippen LogP contribution in [0, 0.1) is 0 Å². The molecule has 0 saturated heterocycles. The van der Waals surface area contributed by atoms with E-state index in [1.807, 2.05) is 0 Å². The van der Waals surface area contributed by atoms with Crippen molar-refractivity contribution in [2.45, 2.75) is 61.7 Å². The molecule has 0 bridgehead atoms. The molecule has 0 saturated carbocycles. The van der Waals surface area contributed by atoms with Gasteiger partial charge in [0.25, 0.3) is 0 Å². The van der Waals surface area contributed by atoms with Gasteiger partial charge in [0, 0.05) is 25.7 Å². The van der Waals surface area contributed by atoms with Crippen LogP contribution in [0.2, 0.25) is 0 Å². The zero-order valence-corrected chi connectivity index (χ0v) is 12.9. The third-order valence-corrected chi connectivity index (χ3v) is 3.08. The molecule has 15 heteroatoms. The van der Waals surface area contributed by atoms with E-state index in [4.69, 9.17) is 0 Å². The van der Waals surface area contributed by atoms with Gasteiger partial charge in [-0.25, -0.2) is 0 Å². The molecule has 164 valence electrons. The van der Waals surface area contributed by atoms with Gasteiger partial charge in [-0.1, -0.05) is 0 Å². The highest BCUT2D eigenvalue weighted by Gasteiger charge is 2.60. The number of halogens is 14. The predicted octanol–water partition coefficient (Wildman–Crippen LogP) is 6.23. The fourth-order valence-corrected chi connectivity index (χ4v) is 1.48. The summed E-state index contributed by atoms with van der Waals surface area (Å²) in [5.41, 5.74) is 0. The molecule has 1 nitrogen and oxygen atoms in total. The monoisotopic (exact) mass is 438 g/mol. The lowest BCUT2D eigenvalue weighted by Gasteiger charge is -2.29. The van der Waals surface area contributed by atoms with Gasteiger partial charge in [0.05, 0.1) is 0 Å². The minimum absolute atomic E-state index is 2.35. The van der Waals surface area contributed by atoms with E-state index in [1.165, 1.54) is 0 Å². The summed E-state index contributed by atoms with van der Waals surface area (Å²) in [6.07, 6.45) is -20.0. The zero-order chi connectivity index (χ0) is 21.9. The highest BCUT2D eigenvalue weighted by molar-refractivity contribution is 4.88. The fourth-order valence-electron chi connectivity index (χ4n) is 1.48. The molecule has 0 aromatic carbocycles. The van der Waals surface area contributed by atoms with E-state index in [9.17, 15) is 61.5 Å². The maximum absolute atomic E-state index is 13.1. The van der Waals surface area contributed by atoms with Crippen molar-refractivity contribution in [1.29, 1.82) is 0 Å². The molecule has 0 heterocycles. The lowest BCUT2D eigenvalue weighted by Crippen LogP contribution is -2.48. The second-order valence-corrected chi connectivity index (χ2v) is 5.54. The molecule has 0 spiro atoms. The van der Waals surface area contributed by atoms with Crippen LogP contribution in [-0.4, -0.2) is 49.3 Å². The lowest BCUT2D eigenvalue weighted by molar-refractivity contribution is -0.273. The van der Waals surface area contributed by atoms with Crippen molar-refractivity contribution in [2.24, 2.45) is 0 Å². The Morgan fingerprint density at radius 1 is 0.370 bits per heavy atom. The molecule has 0 fully saturated rings. The average molecular weight is 438 g/mol. The van der Waals surface area contributed by atoms with Gasteiger partial charge < -0.3 is 4.74 Å². The first-order valence-corrected chi connectivity index (χ1v) is 6.84.